The molecule has 0 aromatic heterocycles. The molecule has 15 heteroatoms. The molecule has 4 aliphatic heterocycles. The zero-order chi connectivity index (χ0) is 51.1. The fourth-order valence-electron chi connectivity index (χ4n) is 10.2. The number of carbonyl (C=O) groups excluding carboxylic acids is 3. The number of benzene rings is 5. The van der Waals surface area contributed by atoms with E-state index in [-0.39, 0.29) is 47.8 Å². The number of ether oxygens (including phenoxy) is 5. The highest BCUT2D eigenvalue weighted by molar-refractivity contribution is 8.00. The molecule has 9 rings (SSSR count). The van der Waals surface area contributed by atoms with Crippen molar-refractivity contribution in [1.29, 1.82) is 0 Å². The molecule has 5 aromatic carbocycles. The summed E-state index contributed by atoms with van der Waals surface area (Å²) in [5, 5.41) is 6.29. The highest BCUT2D eigenvalue weighted by atomic mass is 32.2. The summed E-state index contributed by atoms with van der Waals surface area (Å²) in [6.45, 7) is 13.1. The van der Waals surface area contributed by atoms with Crippen LogP contribution in [-0.4, -0.2) is 107 Å². The molecule has 0 bridgehead atoms. The molecular formula is C58H68N6O8S. The normalized spacial score (nSPS) is 16.3. The summed E-state index contributed by atoms with van der Waals surface area (Å²) in [5.74, 6) is 2.35. The topological polar surface area (TPSA) is 144 Å². The lowest BCUT2D eigenvalue weighted by Crippen LogP contribution is -2.39. The first-order valence-electron chi connectivity index (χ1n) is 25.5. The summed E-state index contributed by atoms with van der Waals surface area (Å²) >= 11 is 1.85. The van der Waals surface area contributed by atoms with Gasteiger partial charge in [0, 0.05) is 86.3 Å². The maximum absolute atomic E-state index is 14.2. The summed E-state index contributed by atoms with van der Waals surface area (Å²) in [6, 6.07) is 29.8. The van der Waals surface area contributed by atoms with E-state index in [2.05, 4.69) is 66.6 Å². The number of fused-ring (bicyclic) bond motifs is 8. The summed E-state index contributed by atoms with van der Waals surface area (Å²) in [4.78, 5) is 51.4. The van der Waals surface area contributed by atoms with Gasteiger partial charge >= 0.3 is 0 Å². The van der Waals surface area contributed by atoms with Crippen molar-refractivity contribution >= 4 is 64.1 Å². The molecule has 73 heavy (non-hydrogen) atoms. The van der Waals surface area contributed by atoms with Crippen molar-refractivity contribution in [3.63, 3.8) is 0 Å². The van der Waals surface area contributed by atoms with Crippen LogP contribution in [-0.2, 0) is 40.3 Å². The number of aryl methyl sites for hydroxylation is 1. The lowest BCUT2D eigenvalue weighted by Gasteiger charge is -2.34. The molecule has 5 aromatic rings. The second-order valence-corrected chi connectivity index (χ2v) is 21.5. The van der Waals surface area contributed by atoms with Crippen LogP contribution in [0.25, 0.3) is 0 Å². The molecule has 4 aliphatic rings. The summed E-state index contributed by atoms with van der Waals surface area (Å²) in [5.41, 5.74) is 10.2. The fraction of sp³-hybridized carbons (Fsp3) is 0.414. The number of thioether (sulfide) groups is 1. The molecule has 0 unspecified atom stereocenters. The molecule has 2 atom stereocenters. The van der Waals surface area contributed by atoms with Crippen LogP contribution >= 0.6 is 11.8 Å². The van der Waals surface area contributed by atoms with Crippen molar-refractivity contribution in [3.05, 3.63) is 130 Å². The molecule has 0 aliphatic carbocycles. The van der Waals surface area contributed by atoms with Crippen molar-refractivity contribution in [2.24, 2.45) is 4.99 Å². The Morgan fingerprint density at radius 3 is 2.23 bits per heavy atom. The molecule has 384 valence electrons. The van der Waals surface area contributed by atoms with Crippen molar-refractivity contribution < 1.29 is 38.1 Å². The number of nitrogens with one attached hydrogen (secondary N) is 2. The minimum atomic E-state index is -0.194. The standard InChI is InChI=1S/C58H68N6O8S/c1-7-19-69-21-22-70-20-18-62(37-58(3,4)73-23-12-17-55(65)59-5)43-26-39(35-71-52-31-48-46(24-38(52)2)56(66)63-44(33-60-48)28-41-13-8-10-15-50(41)63)25-40(27-43)36-72-54-32-49-47(30-53(54)68-6)57(67)64-45(34-61-49)29-42-14-9-11-16-51(42)64/h8-11,13-16,24-27,30-33,44-45,61H,7,12,17-23,28-29,34-37H2,1-6H3,(H,59,65)/t44-,45-/m0/s1. The van der Waals surface area contributed by atoms with Gasteiger partial charge in [-0.2, -0.15) is 11.8 Å². The second-order valence-electron chi connectivity index (χ2n) is 19.7. The van der Waals surface area contributed by atoms with Crippen LogP contribution in [0.4, 0.5) is 28.4 Å². The van der Waals surface area contributed by atoms with E-state index in [1.807, 2.05) is 89.3 Å². The predicted octanol–water partition coefficient (Wildman–Crippen LogP) is 9.73. The number of rotatable bonds is 23. The van der Waals surface area contributed by atoms with Crippen molar-refractivity contribution in [3.8, 4) is 17.2 Å². The Bertz CT molecular complexity index is 2850. The molecule has 2 N–H and O–H groups in total. The van der Waals surface area contributed by atoms with Gasteiger partial charge in [-0.15, -0.1) is 0 Å². The first kappa shape index (κ1) is 51.4. The number of hydrogen-bond acceptors (Lipinski definition) is 12. The van der Waals surface area contributed by atoms with Gasteiger partial charge in [-0.3, -0.25) is 24.3 Å². The number of anilines is 4. The van der Waals surface area contributed by atoms with Gasteiger partial charge in [-0.05, 0) is 116 Å². The van der Waals surface area contributed by atoms with Crippen LogP contribution in [0.5, 0.6) is 17.2 Å². The van der Waals surface area contributed by atoms with Crippen LogP contribution in [0, 0.1) is 6.92 Å². The summed E-state index contributed by atoms with van der Waals surface area (Å²) in [7, 11) is 3.27. The Kier molecular flexibility index (Phi) is 16.3. The van der Waals surface area contributed by atoms with Gasteiger partial charge in [-0.25, -0.2) is 0 Å². The third kappa shape index (κ3) is 11.8. The largest absolute Gasteiger partial charge is 0.493 e. The molecule has 14 nitrogen and oxygen atoms in total. The highest BCUT2D eigenvalue weighted by Crippen LogP contribution is 2.42. The smallest absolute Gasteiger partial charge is 0.261 e. The molecule has 0 fully saturated rings. The molecular weight excluding hydrogens is 941 g/mol. The number of amides is 3. The average molecular weight is 1010 g/mol. The number of carbonyl (C=O) groups is 3. The number of para-hydroxylation sites is 2. The van der Waals surface area contributed by atoms with Crippen molar-refractivity contribution in [2.75, 3.05) is 86.0 Å². The van der Waals surface area contributed by atoms with Crippen molar-refractivity contribution in [1.82, 2.24) is 5.32 Å². The van der Waals surface area contributed by atoms with Crippen LogP contribution in [0.2, 0.25) is 0 Å². The quantitative estimate of drug-likeness (QED) is 0.0604. The van der Waals surface area contributed by atoms with Gasteiger partial charge in [0.1, 0.15) is 19.0 Å². The zero-order valence-electron chi connectivity index (χ0n) is 43.0. The van der Waals surface area contributed by atoms with Gasteiger partial charge < -0.3 is 44.1 Å². The SMILES string of the molecule is CCCOCCOCCN(CC(C)(C)SCCCC(=O)NC)c1cc(COc2cc3c(cc2C)C(=O)N2c4ccccc4C[C@H]2C=N3)cc(COc2cc3c(cc2OC)C(=O)N2c4ccccc4C[C@H]2CN3)c1. The maximum atomic E-state index is 14.2. The first-order valence-corrected chi connectivity index (χ1v) is 26.5. The van der Waals surface area contributed by atoms with E-state index in [1.165, 1.54) is 5.56 Å². The summed E-state index contributed by atoms with van der Waals surface area (Å²) < 4.78 is 30.9. The minimum absolute atomic E-state index is 0.00889. The fourth-order valence-corrected chi connectivity index (χ4v) is 11.3. The van der Waals surface area contributed by atoms with E-state index in [0.717, 1.165) is 70.8 Å². The molecule has 0 radical (unpaired) electrons. The van der Waals surface area contributed by atoms with Crippen LogP contribution in [0.3, 0.4) is 0 Å². The Morgan fingerprint density at radius 1 is 0.822 bits per heavy atom. The van der Waals surface area contributed by atoms with Gasteiger partial charge in [0.2, 0.25) is 5.91 Å². The first-order chi connectivity index (χ1) is 35.4. The lowest BCUT2D eigenvalue weighted by atomic mass is 10.1. The molecule has 3 amide bonds. The van der Waals surface area contributed by atoms with Crippen LogP contribution in [0.15, 0.2) is 96.0 Å². The number of hydrogen-bond donors (Lipinski definition) is 2. The Labute approximate surface area is 433 Å². The molecule has 0 saturated heterocycles. The highest BCUT2D eigenvalue weighted by Gasteiger charge is 2.39. The van der Waals surface area contributed by atoms with Crippen LogP contribution < -0.4 is 39.5 Å². The Balaban J connectivity index is 0.997. The predicted molar refractivity (Wildman–Crippen MR) is 291 cm³/mol. The molecule has 0 spiro atoms. The van der Waals surface area contributed by atoms with E-state index in [1.54, 1.807) is 20.2 Å². The zero-order valence-corrected chi connectivity index (χ0v) is 43.8. The number of nitrogens with zero attached hydrogens (tertiary/aromatic N) is 4. The van der Waals surface area contributed by atoms with E-state index < -0.39 is 0 Å². The minimum Gasteiger partial charge on any atom is -0.493 e. The van der Waals surface area contributed by atoms with Gasteiger partial charge in [0.05, 0.1) is 61.5 Å². The van der Waals surface area contributed by atoms with E-state index in [4.69, 9.17) is 28.7 Å². The van der Waals surface area contributed by atoms with Gasteiger partial charge in [-0.1, -0.05) is 43.3 Å². The third-order valence-electron chi connectivity index (χ3n) is 13.8. The third-order valence-corrected chi connectivity index (χ3v) is 15.2. The van der Waals surface area contributed by atoms with E-state index in [9.17, 15) is 14.4 Å². The maximum Gasteiger partial charge on any atom is 0.261 e. The van der Waals surface area contributed by atoms with E-state index >= 15 is 0 Å². The lowest BCUT2D eigenvalue weighted by molar-refractivity contribution is -0.120. The summed E-state index contributed by atoms with van der Waals surface area (Å²) in [6.07, 6.45) is 5.60. The van der Waals surface area contributed by atoms with Gasteiger partial charge in [0.25, 0.3) is 11.8 Å². The molecule has 4 heterocycles. The van der Waals surface area contributed by atoms with Gasteiger partial charge in [0.15, 0.2) is 11.5 Å². The Morgan fingerprint density at radius 2 is 1.51 bits per heavy atom. The molecule has 0 saturated carbocycles. The van der Waals surface area contributed by atoms with Crippen LogP contribution in [0.1, 0.15) is 88.6 Å². The Hall–Kier alpha value is -6.55. The number of aliphatic imine (C=N–C) groups is 1. The average Bonchev–Trinajstić information content (AvgIpc) is 3.89. The van der Waals surface area contributed by atoms with Crippen molar-refractivity contribution in [2.45, 2.75) is 89.8 Å². The van der Waals surface area contributed by atoms with E-state index in [0.29, 0.717) is 92.2 Å². The monoisotopic (exact) mass is 1010 g/mol. The number of methoxy groups -OCH3 is 1. The second kappa shape index (κ2) is 23.1.